The van der Waals surface area contributed by atoms with Gasteiger partial charge in [-0.2, -0.15) is 0 Å². The Balaban J connectivity index is 2.23. The Kier molecular flexibility index (Phi) is 2.07. The Labute approximate surface area is 80.3 Å². The predicted molar refractivity (Wildman–Crippen MR) is 44.4 cm³/mol. The number of allylic oxidation sites excluding steroid dienone is 2. The zero-order chi connectivity index (χ0) is 10.1. The topological polar surface area (TPSA) is 63.7 Å². The molecule has 1 fully saturated rings. The number of rotatable bonds is 2. The lowest BCUT2D eigenvalue weighted by Gasteiger charge is -2.14. The van der Waals surface area contributed by atoms with Gasteiger partial charge in [-0.05, 0) is 12.8 Å². The lowest BCUT2D eigenvalue weighted by atomic mass is 9.85. The number of imide groups is 1. The molecule has 1 saturated heterocycles. The molecule has 0 aromatic carbocycles. The summed E-state index contributed by atoms with van der Waals surface area (Å²) in [7, 11) is 0. The number of amides is 2. The highest BCUT2D eigenvalue weighted by Gasteiger charge is 2.48. The van der Waals surface area contributed by atoms with Gasteiger partial charge in [0.1, 0.15) is 0 Å². The number of hydrogen-bond acceptors (Lipinski definition) is 4. The van der Waals surface area contributed by atoms with Crippen molar-refractivity contribution in [3.63, 3.8) is 0 Å². The van der Waals surface area contributed by atoms with Gasteiger partial charge >= 0.3 is 6.47 Å². The van der Waals surface area contributed by atoms with Gasteiger partial charge in [-0.25, -0.2) is 0 Å². The largest absolute Gasteiger partial charge is 0.334 e. The first-order chi connectivity index (χ1) is 6.75. The molecule has 0 aromatic heterocycles. The van der Waals surface area contributed by atoms with Crippen molar-refractivity contribution in [2.45, 2.75) is 12.8 Å². The van der Waals surface area contributed by atoms with Crippen molar-refractivity contribution in [2.24, 2.45) is 11.8 Å². The molecule has 0 saturated carbocycles. The number of hydroxylamine groups is 2. The number of carbonyl (C=O) groups is 3. The molecule has 2 amide bonds. The van der Waals surface area contributed by atoms with Crippen LogP contribution in [0.4, 0.5) is 0 Å². The molecule has 0 spiro atoms. The molecule has 1 aliphatic heterocycles. The average Bonchev–Trinajstić information content (AvgIpc) is 2.45. The smallest absolute Gasteiger partial charge is 0.321 e. The van der Waals surface area contributed by atoms with E-state index in [-0.39, 0.29) is 18.3 Å². The Morgan fingerprint density at radius 2 is 1.71 bits per heavy atom. The molecule has 0 bridgehead atoms. The molecule has 5 heteroatoms. The van der Waals surface area contributed by atoms with Crippen LogP contribution in [-0.2, 0) is 19.2 Å². The van der Waals surface area contributed by atoms with Crippen molar-refractivity contribution in [1.29, 1.82) is 0 Å². The first kappa shape index (κ1) is 8.93. The van der Waals surface area contributed by atoms with E-state index in [1.807, 2.05) is 12.2 Å². The molecule has 2 rings (SSSR count). The standard InChI is InChI=1S/C9H9NO4/c11-5-14-10-8(12)6-3-1-2-4-7(6)9(10)13/h1-2,5-7H,3-4H2. The summed E-state index contributed by atoms with van der Waals surface area (Å²) in [5.74, 6) is -1.49. The summed E-state index contributed by atoms with van der Waals surface area (Å²) in [6, 6.07) is 0. The van der Waals surface area contributed by atoms with Crippen LogP contribution in [0.2, 0.25) is 0 Å². The normalized spacial score (nSPS) is 30.4. The number of hydrogen-bond donors (Lipinski definition) is 0. The zero-order valence-electron chi connectivity index (χ0n) is 7.38. The molecule has 0 aromatic rings. The molecule has 2 atom stereocenters. The van der Waals surface area contributed by atoms with Gasteiger partial charge < -0.3 is 4.84 Å². The van der Waals surface area contributed by atoms with Gasteiger partial charge in [0.15, 0.2) is 0 Å². The number of fused-ring (bicyclic) bond motifs is 1. The monoisotopic (exact) mass is 195 g/mol. The fourth-order valence-corrected chi connectivity index (χ4v) is 1.92. The first-order valence-corrected chi connectivity index (χ1v) is 4.39. The van der Waals surface area contributed by atoms with E-state index in [0.717, 1.165) is 0 Å². The highest BCUT2D eigenvalue weighted by atomic mass is 16.7. The Bertz CT molecular complexity index is 297. The highest BCUT2D eigenvalue weighted by Crippen LogP contribution is 2.34. The molecule has 74 valence electrons. The maximum absolute atomic E-state index is 11.5. The van der Waals surface area contributed by atoms with Gasteiger partial charge in [0.05, 0.1) is 11.8 Å². The van der Waals surface area contributed by atoms with Crippen LogP contribution in [0.3, 0.4) is 0 Å². The van der Waals surface area contributed by atoms with E-state index in [1.54, 1.807) is 0 Å². The lowest BCUT2D eigenvalue weighted by Crippen LogP contribution is -2.30. The van der Waals surface area contributed by atoms with E-state index >= 15 is 0 Å². The maximum Gasteiger partial charge on any atom is 0.321 e. The fraction of sp³-hybridized carbons (Fsp3) is 0.444. The minimum atomic E-state index is -0.406. The Hall–Kier alpha value is -1.65. The van der Waals surface area contributed by atoms with Gasteiger partial charge in [0.2, 0.25) is 0 Å². The van der Waals surface area contributed by atoms with Crippen LogP contribution in [0, 0.1) is 11.8 Å². The maximum atomic E-state index is 11.5. The second kappa shape index (κ2) is 3.25. The molecule has 2 aliphatic rings. The Morgan fingerprint density at radius 3 is 2.14 bits per heavy atom. The van der Waals surface area contributed by atoms with E-state index in [4.69, 9.17) is 0 Å². The summed E-state index contributed by atoms with van der Waals surface area (Å²) in [6.07, 6.45) is 4.84. The summed E-state index contributed by atoms with van der Waals surface area (Å²) in [4.78, 5) is 37.5. The summed E-state index contributed by atoms with van der Waals surface area (Å²) < 4.78 is 0. The number of nitrogens with zero attached hydrogens (tertiary/aromatic N) is 1. The van der Waals surface area contributed by atoms with Crippen molar-refractivity contribution in [3.05, 3.63) is 12.2 Å². The number of carbonyl (C=O) groups excluding carboxylic acids is 3. The third-order valence-corrected chi connectivity index (χ3v) is 2.62. The van der Waals surface area contributed by atoms with Gasteiger partial charge in [0.25, 0.3) is 11.8 Å². The van der Waals surface area contributed by atoms with Gasteiger partial charge in [-0.15, -0.1) is 5.06 Å². The molecule has 1 heterocycles. The van der Waals surface area contributed by atoms with Crippen molar-refractivity contribution < 1.29 is 19.2 Å². The van der Waals surface area contributed by atoms with Crippen LogP contribution < -0.4 is 0 Å². The second-order valence-corrected chi connectivity index (χ2v) is 3.33. The molecule has 1 aliphatic carbocycles. The molecular weight excluding hydrogens is 186 g/mol. The van der Waals surface area contributed by atoms with Crippen LogP contribution in [0.15, 0.2) is 12.2 Å². The van der Waals surface area contributed by atoms with E-state index < -0.39 is 11.8 Å². The first-order valence-electron chi connectivity index (χ1n) is 4.39. The van der Waals surface area contributed by atoms with E-state index in [2.05, 4.69) is 4.84 Å². The van der Waals surface area contributed by atoms with Gasteiger partial charge in [-0.1, -0.05) is 12.2 Å². The molecular formula is C9H9NO4. The highest BCUT2D eigenvalue weighted by molar-refractivity contribution is 6.04. The average molecular weight is 195 g/mol. The molecule has 14 heavy (non-hydrogen) atoms. The van der Waals surface area contributed by atoms with E-state index in [1.165, 1.54) is 0 Å². The van der Waals surface area contributed by atoms with Gasteiger partial charge in [-0.3, -0.25) is 14.4 Å². The summed E-state index contributed by atoms with van der Waals surface area (Å²) in [5.41, 5.74) is 0. The van der Waals surface area contributed by atoms with Crippen molar-refractivity contribution in [2.75, 3.05) is 0 Å². The van der Waals surface area contributed by atoms with Crippen LogP contribution in [0.1, 0.15) is 12.8 Å². The Morgan fingerprint density at radius 1 is 1.21 bits per heavy atom. The van der Waals surface area contributed by atoms with Crippen molar-refractivity contribution in [1.82, 2.24) is 5.06 Å². The fourth-order valence-electron chi connectivity index (χ4n) is 1.92. The van der Waals surface area contributed by atoms with Crippen LogP contribution in [-0.4, -0.2) is 23.3 Å². The summed E-state index contributed by atoms with van der Waals surface area (Å²) in [5, 5.41) is 0.579. The van der Waals surface area contributed by atoms with Crippen molar-refractivity contribution in [3.8, 4) is 0 Å². The lowest BCUT2D eigenvalue weighted by molar-refractivity contribution is -0.189. The minimum Gasteiger partial charge on any atom is -0.334 e. The third kappa shape index (κ3) is 1.13. The predicted octanol–water partition coefficient (Wildman–Crippen LogP) is 0.0256. The van der Waals surface area contributed by atoms with E-state index in [9.17, 15) is 14.4 Å². The van der Waals surface area contributed by atoms with Crippen LogP contribution in [0.25, 0.3) is 0 Å². The quantitative estimate of drug-likeness (QED) is 0.354. The molecule has 2 unspecified atom stereocenters. The molecule has 5 nitrogen and oxygen atoms in total. The van der Waals surface area contributed by atoms with E-state index in [0.29, 0.717) is 17.9 Å². The summed E-state index contributed by atoms with van der Waals surface area (Å²) in [6.45, 7) is 0.0978. The van der Waals surface area contributed by atoms with Gasteiger partial charge in [0, 0.05) is 0 Å². The van der Waals surface area contributed by atoms with Crippen LogP contribution in [0.5, 0.6) is 0 Å². The third-order valence-electron chi connectivity index (χ3n) is 2.62. The molecule has 0 radical (unpaired) electrons. The second-order valence-electron chi connectivity index (χ2n) is 3.33. The zero-order valence-corrected chi connectivity index (χ0v) is 7.38. The minimum absolute atomic E-state index is 0.0978. The summed E-state index contributed by atoms with van der Waals surface area (Å²) >= 11 is 0. The SMILES string of the molecule is O=CON1C(=O)C2CC=CCC2C1=O. The van der Waals surface area contributed by atoms with Crippen molar-refractivity contribution >= 4 is 18.3 Å². The molecule has 0 N–H and O–H groups in total. The van der Waals surface area contributed by atoms with Crippen LogP contribution >= 0.6 is 0 Å².